The lowest BCUT2D eigenvalue weighted by molar-refractivity contribution is -0.143. The molecule has 5 heteroatoms. The van der Waals surface area contributed by atoms with Crippen LogP contribution in [0.25, 0.3) is 0 Å². The lowest BCUT2D eigenvalue weighted by Crippen LogP contribution is -2.47. The summed E-state index contributed by atoms with van der Waals surface area (Å²) in [5.74, 6) is -0.698. The van der Waals surface area contributed by atoms with E-state index in [4.69, 9.17) is 9.84 Å². The molecule has 0 saturated heterocycles. The third-order valence-corrected chi connectivity index (χ3v) is 3.13. The van der Waals surface area contributed by atoms with Crippen molar-refractivity contribution in [3.05, 3.63) is 29.3 Å². The SMILES string of the molecule is Cc1cc(C)cc(OCC(C)(C)C(=O)NC(C)C(=O)O)c1. The zero-order chi connectivity index (χ0) is 16.2. The molecular weight excluding hydrogens is 270 g/mol. The Morgan fingerprint density at radius 1 is 1.24 bits per heavy atom. The van der Waals surface area contributed by atoms with Crippen LogP contribution in [0, 0.1) is 19.3 Å². The van der Waals surface area contributed by atoms with Crippen LogP contribution in [0.15, 0.2) is 18.2 Å². The smallest absolute Gasteiger partial charge is 0.325 e. The van der Waals surface area contributed by atoms with Crippen molar-refractivity contribution in [1.29, 1.82) is 0 Å². The van der Waals surface area contributed by atoms with E-state index in [1.54, 1.807) is 13.8 Å². The monoisotopic (exact) mass is 293 g/mol. The third kappa shape index (κ3) is 5.10. The molecule has 1 aromatic carbocycles. The second kappa shape index (κ2) is 6.61. The summed E-state index contributed by atoms with van der Waals surface area (Å²) in [4.78, 5) is 22.9. The zero-order valence-corrected chi connectivity index (χ0v) is 13.2. The van der Waals surface area contributed by atoms with Crippen molar-refractivity contribution in [2.75, 3.05) is 6.61 Å². The first kappa shape index (κ1) is 17.0. The molecule has 0 aliphatic heterocycles. The molecule has 1 aromatic rings. The standard InChI is InChI=1S/C16H23NO4/c1-10-6-11(2)8-13(7-10)21-9-16(4,5)15(20)17-12(3)14(18)19/h6-8,12H,9H2,1-5H3,(H,17,20)(H,18,19). The first-order chi connectivity index (χ1) is 9.61. The lowest BCUT2D eigenvalue weighted by Gasteiger charge is -2.25. The Hall–Kier alpha value is -2.04. The molecule has 1 rings (SSSR count). The molecule has 1 unspecified atom stereocenters. The minimum atomic E-state index is -1.06. The first-order valence-electron chi connectivity index (χ1n) is 6.86. The highest BCUT2D eigenvalue weighted by atomic mass is 16.5. The fourth-order valence-corrected chi connectivity index (χ4v) is 1.80. The van der Waals surface area contributed by atoms with Gasteiger partial charge in [0.1, 0.15) is 18.4 Å². The van der Waals surface area contributed by atoms with Gasteiger partial charge in [-0.05, 0) is 57.9 Å². The highest BCUT2D eigenvalue weighted by molar-refractivity contribution is 5.86. The van der Waals surface area contributed by atoms with Crippen LogP contribution in [-0.4, -0.2) is 29.6 Å². The van der Waals surface area contributed by atoms with Crippen LogP contribution >= 0.6 is 0 Å². The Kier molecular flexibility index (Phi) is 5.35. The van der Waals surface area contributed by atoms with Crippen LogP contribution in [0.2, 0.25) is 0 Å². The highest BCUT2D eigenvalue weighted by Crippen LogP contribution is 2.21. The number of amides is 1. The molecule has 0 bridgehead atoms. The van der Waals surface area contributed by atoms with E-state index in [1.165, 1.54) is 6.92 Å². The third-order valence-electron chi connectivity index (χ3n) is 3.13. The van der Waals surface area contributed by atoms with E-state index in [1.807, 2.05) is 32.0 Å². The molecule has 0 aromatic heterocycles. The maximum Gasteiger partial charge on any atom is 0.325 e. The number of nitrogens with one attached hydrogen (secondary N) is 1. The fraction of sp³-hybridized carbons (Fsp3) is 0.500. The Morgan fingerprint density at radius 3 is 2.24 bits per heavy atom. The number of hydrogen-bond acceptors (Lipinski definition) is 3. The largest absolute Gasteiger partial charge is 0.492 e. The number of hydrogen-bond donors (Lipinski definition) is 2. The van der Waals surface area contributed by atoms with Crippen LogP contribution in [0.4, 0.5) is 0 Å². The minimum absolute atomic E-state index is 0.175. The zero-order valence-electron chi connectivity index (χ0n) is 13.2. The van der Waals surface area contributed by atoms with Gasteiger partial charge in [-0.1, -0.05) is 6.07 Å². The summed E-state index contributed by atoms with van der Waals surface area (Å²) in [6.45, 7) is 9.01. The van der Waals surface area contributed by atoms with Crippen LogP contribution in [0.3, 0.4) is 0 Å². The number of benzene rings is 1. The number of aliphatic carboxylic acids is 1. The van der Waals surface area contributed by atoms with Gasteiger partial charge in [-0.25, -0.2) is 0 Å². The van der Waals surface area contributed by atoms with E-state index in [0.717, 1.165) is 11.1 Å². The number of aryl methyl sites for hydroxylation is 2. The van der Waals surface area contributed by atoms with Gasteiger partial charge in [0.05, 0.1) is 5.41 Å². The number of carboxylic acid groups (broad SMARTS) is 1. The van der Waals surface area contributed by atoms with Crippen molar-refractivity contribution in [2.24, 2.45) is 5.41 Å². The molecule has 1 amide bonds. The summed E-state index contributed by atoms with van der Waals surface area (Å²) in [7, 11) is 0. The van der Waals surface area contributed by atoms with E-state index in [0.29, 0.717) is 5.75 Å². The minimum Gasteiger partial charge on any atom is -0.492 e. The summed E-state index contributed by atoms with van der Waals surface area (Å²) in [6, 6.07) is 4.93. The Bertz CT molecular complexity index is 517. The molecule has 5 nitrogen and oxygen atoms in total. The average molecular weight is 293 g/mol. The number of rotatable bonds is 6. The molecule has 0 heterocycles. The van der Waals surface area contributed by atoms with Gasteiger partial charge in [-0.3, -0.25) is 9.59 Å². The molecule has 2 N–H and O–H groups in total. The highest BCUT2D eigenvalue weighted by Gasteiger charge is 2.30. The van der Waals surface area contributed by atoms with Gasteiger partial charge in [0.25, 0.3) is 0 Å². The van der Waals surface area contributed by atoms with Crippen molar-refractivity contribution in [3.8, 4) is 5.75 Å². The predicted octanol–water partition coefficient (Wildman–Crippen LogP) is 2.30. The Balaban J connectivity index is 2.67. The molecule has 21 heavy (non-hydrogen) atoms. The van der Waals surface area contributed by atoms with Gasteiger partial charge in [0, 0.05) is 0 Å². The average Bonchev–Trinajstić information content (AvgIpc) is 2.35. The maximum atomic E-state index is 12.1. The van der Waals surface area contributed by atoms with Crippen LogP contribution in [0.1, 0.15) is 31.9 Å². The van der Waals surface area contributed by atoms with E-state index in [2.05, 4.69) is 5.32 Å². The molecule has 0 aliphatic rings. The summed E-state index contributed by atoms with van der Waals surface area (Å²) in [6.07, 6.45) is 0. The van der Waals surface area contributed by atoms with Gasteiger partial charge in [0.15, 0.2) is 0 Å². The Morgan fingerprint density at radius 2 is 1.76 bits per heavy atom. The van der Waals surface area contributed by atoms with Crippen molar-refractivity contribution >= 4 is 11.9 Å². The number of carbonyl (C=O) groups excluding carboxylic acids is 1. The second-order valence-corrected chi connectivity index (χ2v) is 6.03. The second-order valence-electron chi connectivity index (χ2n) is 6.03. The number of carbonyl (C=O) groups is 2. The van der Waals surface area contributed by atoms with E-state index < -0.39 is 17.4 Å². The molecule has 0 spiro atoms. The molecule has 0 saturated carbocycles. The van der Waals surface area contributed by atoms with Crippen molar-refractivity contribution < 1.29 is 19.4 Å². The van der Waals surface area contributed by atoms with Gasteiger partial charge >= 0.3 is 5.97 Å². The number of carboxylic acids is 1. The van der Waals surface area contributed by atoms with E-state index >= 15 is 0 Å². The molecule has 0 aliphatic carbocycles. The van der Waals surface area contributed by atoms with Crippen molar-refractivity contribution in [2.45, 2.75) is 40.7 Å². The maximum absolute atomic E-state index is 12.1. The van der Waals surface area contributed by atoms with E-state index in [9.17, 15) is 9.59 Å². The van der Waals surface area contributed by atoms with Crippen molar-refractivity contribution in [3.63, 3.8) is 0 Å². The molecule has 1 atom stereocenters. The molecule has 116 valence electrons. The lowest BCUT2D eigenvalue weighted by atomic mass is 9.93. The summed E-state index contributed by atoms with van der Waals surface area (Å²) >= 11 is 0. The van der Waals surface area contributed by atoms with Crippen LogP contribution in [-0.2, 0) is 9.59 Å². The Labute approximate surface area is 125 Å². The van der Waals surface area contributed by atoms with Crippen molar-refractivity contribution in [1.82, 2.24) is 5.32 Å². The predicted molar refractivity (Wildman–Crippen MR) is 80.4 cm³/mol. The van der Waals surface area contributed by atoms with Crippen LogP contribution in [0.5, 0.6) is 5.75 Å². The molecule has 0 fully saturated rings. The topological polar surface area (TPSA) is 75.6 Å². The van der Waals surface area contributed by atoms with Crippen LogP contribution < -0.4 is 10.1 Å². The number of ether oxygens (including phenoxy) is 1. The normalized spacial score (nSPS) is 12.6. The summed E-state index contributed by atoms with van der Waals surface area (Å²) < 4.78 is 5.69. The quantitative estimate of drug-likeness (QED) is 0.844. The van der Waals surface area contributed by atoms with Gasteiger partial charge in [0.2, 0.25) is 5.91 Å². The van der Waals surface area contributed by atoms with Gasteiger partial charge in [-0.2, -0.15) is 0 Å². The summed E-state index contributed by atoms with van der Waals surface area (Å²) in [5.41, 5.74) is 1.36. The van der Waals surface area contributed by atoms with Gasteiger partial charge < -0.3 is 15.2 Å². The van der Waals surface area contributed by atoms with Gasteiger partial charge in [-0.15, -0.1) is 0 Å². The first-order valence-corrected chi connectivity index (χ1v) is 6.86. The fourth-order valence-electron chi connectivity index (χ4n) is 1.80. The van der Waals surface area contributed by atoms with E-state index in [-0.39, 0.29) is 12.5 Å². The summed E-state index contributed by atoms with van der Waals surface area (Å²) in [5, 5.41) is 11.3. The molecular formula is C16H23NO4. The molecule has 0 radical (unpaired) electrons.